The summed E-state index contributed by atoms with van der Waals surface area (Å²) in [4.78, 5) is 25.5. The van der Waals surface area contributed by atoms with Crippen LogP contribution in [-0.2, 0) is 17.6 Å². The van der Waals surface area contributed by atoms with E-state index in [-0.39, 0.29) is 0 Å². The molecule has 1 aromatic carbocycles. The van der Waals surface area contributed by atoms with Crippen molar-refractivity contribution < 1.29 is 9.53 Å². The normalized spacial score (nSPS) is 21.4. The van der Waals surface area contributed by atoms with Gasteiger partial charge in [-0.1, -0.05) is 19.1 Å². The van der Waals surface area contributed by atoms with Crippen molar-refractivity contribution in [3.05, 3.63) is 41.0 Å². The molecule has 2 aromatic heterocycles. The van der Waals surface area contributed by atoms with Gasteiger partial charge in [-0.05, 0) is 42.9 Å². The third kappa shape index (κ3) is 2.65. The number of anilines is 2. The van der Waals surface area contributed by atoms with Crippen LogP contribution in [0.3, 0.4) is 0 Å². The first kappa shape index (κ1) is 16.5. The smallest absolute Gasteiger partial charge is 0.260 e. The zero-order valence-electron chi connectivity index (χ0n) is 15.0. The van der Waals surface area contributed by atoms with Crippen LogP contribution in [0.1, 0.15) is 23.8 Å². The number of carbonyl (C=O) groups is 1. The molecule has 138 valence electrons. The Balaban J connectivity index is 1.70. The summed E-state index contributed by atoms with van der Waals surface area (Å²) in [5, 5.41) is 1.12. The third-order valence-electron chi connectivity index (χ3n) is 5.42. The van der Waals surface area contributed by atoms with Gasteiger partial charge in [-0.3, -0.25) is 4.79 Å². The van der Waals surface area contributed by atoms with Crippen molar-refractivity contribution in [2.75, 3.05) is 11.4 Å². The summed E-state index contributed by atoms with van der Waals surface area (Å²) in [5.41, 5.74) is 7.83. The zero-order valence-corrected chi connectivity index (χ0v) is 15.8. The SMILES string of the molecule is C[C@@H]1CCc2c(sc3ncnc(N4C[C@H](C(N)=O)Oc5ccccc54)c23)C1. The Labute approximate surface area is 161 Å². The van der Waals surface area contributed by atoms with Gasteiger partial charge in [-0.2, -0.15) is 0 Å². The largest absolute Gasteiger partial charge is 0.477 e. The van der Waals surface area contributed by atoms with E-state index >= 15 is 0 Å². The number of benzene rings is 1. The van der Waals surface area contributed by atoms with E-state index in [4.69, 9.17) is 10.5 Å². The molecule has 5 rings (SSSR count). The van der Waals surface area contributed by atoms with Gasteiger partial charge >= 0.3 is 0 Å². The number of aromatic nitrogens is 2. The van der Waals surface area contributed by atoms with E-state index < -0.39 is 12.0 Å². The standard InChI is InChI=1S/C20H20N4O2S/c1-11-6-7-12-16(8-11)27-20-17(12)19(22-10-23-20)24-9-15(18(21)25)26-14-5-3-2-4-13(14)24/h2-5,10-11,15H,6-9H2,1H3,(H2,21,25)/t11-,15-/m1/s1. The van der Waals surface area contributed by atoms with Gasteiger partial charge in [0.1, 0.15) is 22.7 Å². The molecular weight excluding hydrogens is 360 g/mol. The number of aryl methyl sites for hydroxylation is 1. The van der Waals surface area contributed by atoms with Gasteiger partial charge in [0, 0.05) is 4.88 Å². The number of amides is 1. The minimum absolute atomic E-state index is 0.347. The van der Waals surface area contributed by atoms with Crippen LogP contribution < -0.4 is 15.4 Å². The summed E-state index contributed by atoms with van der Waals surface area (Å²) in [6, 6.07) is 7.70. The van der Waals surface area contributed by atoms with Crippen LogP contribution >= 0.6 is 11.3 Å². The number of ether oxygens (including phenoxy) is 1. The van der Waals surface area contributed by atoms with E-state index in [0.717, 1.165) is 34.6 Å². The number of thiophene rings is 1. The number of nitrogens with zero attached hydrogens (tertiary/aromatic N) is 3. The fourth-order valence-electron chi connectivity index (χ4n) is 4.05. The number of rotatable bonds is 2. The van der Waals surface area contributed by atoms with Crippen molar-refractivity contribution in [1.29, 1.82) is 0 Å². The number of primary amides is 1. The second-order valence-electron chi connectivity index (χ2n) is 7.32. The molecule has 1 amide bonds. The topological polar surface area (TPSA) is 81.3 Å². The monoisotopic (exact) mass is 380 g/mol. The van der Waals surface area contributed by atoms with Crippen LogP contribution in [0, 0.1) is 5.92 Å². The lowest BCUT2D eigenvalue weighted by atomic mass is 9.89. The quantitative estimate of drug-likeness (QED) is 0.738. The predicted octanol–water partition coefficient (Wildman–Crippen LogP) is 3.20. The summed E-state index contributed by atoms with van der Waals surface area (Å²) < 4.78 is 5.81. The molecule has 0 saturated heterocycles. The number of fused-ring (bicyclic) bond motifs is 4. The number of carbonyl (C=O) groups excluding carboxylic acids is 1. The zero-order chi connectivity index (χ0) is 18.5. The van der Waals surface area contributed by atoms with Crippen LogP contribution in [0.5, 0.6) is 5.75 Å². The maximum atomic E-state index is 11.9. The summed E-state index contributed by atoms with van der Waals surface area (Å²) in [5.74, 6) is 1.72. The third-order valence-corrected chi connectivity index (χ3v) is 6.58. The van der Waals surface area contributed by atoms with Crippen molar-refractivity contribution in [3.8, 4) is 5.75 Å². The second kappa shape index (κ2) is 6.20. The van der Waals surface area contributed by atoms with Gasteiger partial charge in [0.25, 0.3) is 5.91 Å². The van der Waals surface area contributed by atoms with Crippen molar-refractivity contribution >= 4 is 39.0 Å². The maximum Gasteiger partial charge on any atom is 0.260 e. The molecule has 0 radical (unpaired) electrons. The summed E-state index contributed by atoms with van der Waals surface area (Å²) in [6.07, 6.45) is 4.22. The second-order valence-corrected chi connectivity index (χ2v) is 8.40. The van der Waals surface area contributed by atoms with Gasteiger partial charge in [0.05, 0.1) is 17.6 Å². The fraction of sp³-hybridized carbons (Fsp3) is 0.350. The summed E-state index contributed by atoms with van der Waals surface area (Å²) >= 11 is 1.77. The molecule has 0 bridgehead atoms. The highest BCUT2D eigenvalue weighted by Gasteiger charge is 2.33. The van der Waals surface area contributed by atoms with Gasteiger partial charge in [-0.15, -0.1) is 11.3 Å². The molecule has 2 N–H and O–H groups in total. The Hall–Kier alpha value is -2.67. The molecule has 1 aliphatic heterocycles. The van der Waals surface area contributed by atoms with Gasteiger partial charge in [0.2, 0.25) is 0 Å². The van der Waals surface area contributed by atoms with E-state index in [2.05, 4.69) is 21.8 Å². The minimum atomic E-state index is -0.709. The van der Waals surface area contributed by atoms with Crippen molar-refractivity contribution in [3.63, 3.8) is 0 Å². The van der Waals surface area contributed by atoms with Crippen molar-refractivity contribution in [2.24, 2.45) is 11.7 Å². The van der Waals surface area contributed by atoms with E-state index in [1.165, 1.54) is 16.9 Å². The molecule has 2 aliphatic rings. The molecular formula is C20H20N4O2S. The molecule has 6 nitrogen and oxygen atoms in total. The highest BCUT2D eigenvalue weighted by Crippen LogP contribution is 2.44. The highest BCUT2D eigenvalue weighted by atomic mass is 32.1. The van der Waals surface area contributed by atoms with Crippen molar-refractivity contribution in [2.45, 2.75) is 32.3 Å². The van der Waals surface area contributed by atoms with E-state index in [9.17, 15) is 4.79 Å². The van der Waals surface area contributed by atoms with Crippen LogP contribution in [0.2, 0.25) is 0 Å². The molecule has 7 heteroatoms. The average Bonchev–Trinajstić information content (AvgIpc) is 3.04. The Morgan fingerprint density at radius 1 is 1.33 bits per heavy atom. The van der Waals surface area contributed by atoms with Crippen LogP contribution in [0.15, 0.2) is 30.6 Å². The van der Waals surface area contributed by atoms with E-state index in [1.54, 1.807) is 17.7 Å². The minimum Gasteiger partial charge on any atom is -0.477 e. The lowest BCUT2D eigenvalue weighted by molar-refractivity contribution is -0.124. The summed E-state index contributed by atoms with van der Waals surface area (Å²) in [6.45, 7) is 2.65. The number of hydrogen-bond donors (Lipinski definition) is 1. The average molecular weight is 380 g/mol. The van der Waals surface area contributed by atoms with Crippen LogP contribution in [-0.4, -0.2) is 28.5 Å². The van der Waals surface area contributed by atoms with Gasteiger partial charge < -0.3 is 15.4 Å². The maximum absolute atomic E-state index is 11.9. The molecule has 2 atom stereocenters. The molecule has 27 heavy (non-hydrogen) atoms. The van der Waals surface area contributed by atoms with E-state index in [0.29, 0.717) is 18.2 Å². The molecule has 3 heterocycles. The summed E-state index contributed by atoms with van der Waals surface area (Å²) in [7, 11) is 0. The van der Waals surface area contributed by atoms with Crippen LogP contribution in [0.4, 0.5) is 11.5 Å². The lowest BCUT2D eigenvalue weighted by Gasteiger charge is -2.34. The first-order valence-corrected chi connectivity index (χ1v) is 10.0. The molecule has 1 aliphatic carbocycles. The van der Waals surface area contributed by atoms with E-state index in [1.807, 2.05) is 24.3 Å². The number of para-hydroxylation sites is 2. The Morgan fingerprint density at radius 2 is 2.19 bits per heavy atom. The molecule has 0 unspecified atom stereocenters. The highest BCUT2D eigenvalue weighted by molar-refractivity contribution is 7.19. The molecule has 0 saturated carbocycles. The molecule has 0 fully saturated rings. The molecule has 0 spiro atoms. The first-order valence-electron chi connectivity index (χ1n) is 9.19. The van der Waals surface area contributed by atoms with Crippen molar-refractivity contribution in [1.82, 2.24) is 9.97 Å². The number of nitrogens with two attached hydrogens (primary N) is 1. The van der Waals surface area contributed by atoms with Crippen LogP contribution in [0.25, 0.3) is 10.2 Å². The Kier molecular flexibility index (Phi) is 3.79. The van der Waals surface area contributed by atoms with Gasteiger partial charge in [0.15, 0.2) is 6.10 Å². The Morgan fingerprint density at radius 3 is 3.04 bits per heavy atom. The number of hydrogen-bond acceptors (Lipinski definition) is 6. The fourth-order valence-corrected chi connectivity index (χ4v) is 5.39. The predicted molar refractivity (Wildman–Crippen MR) is 106 cm³/mol. The first-order chi connectivity index (χ1) is 13.1. The lowest BCUT2D eigenvalue weighted by Crippen LogP contribution is -2.45. The Bertz CT molecular complexity index is 1050. The molecule has 3 aromatic rings. The van der Waals surface area contributed by atoms with Gasteiger partial charge in [-0.25, -0.2) is 9.97 Å².